The summed E-state index contributed by atoms with van der Waals surface area (Å²) < 4.78 is 0. The van der Waals surface area contributed by atoms with Crippen LogP contribution in [0.3, 0.4) is 0 Å². The first-order valence-electron chi connectivity index (χ1n) is 8.36. The van der Waals surface area contributed by atoms with Gasteiger partial charge < -0.3 is 10.2 Å². The number of anilines is 1. The average Bonchev–Trinajstić information content (AvgIpc) is 2.57. The molecule has 1 aromatic rings. The summed E-state index contributed by atoms with van der Waals surface area (Å²) in [6.45, 7) is 5.31. The molecule has 4 nitrogen and oxygen atoms in total. The normalized spacial score (nSPS) is 15.4. The van der Waals surface area contributed by atoms with E-state index in [1.54, 1.807) is 17.0 Å². The molecule has 22 heavy (non-hydrogen) atoms. The molecule has 0 unspecified atom stereocenters. The third kappa shape index (κ3) is 4.09. The Balaban J connectivity index is 2.04. The number of nitrogens with one attached hydrogen (secondary N) is 1. The van der Waals surface area contributed by atoms with Gasteiger partial charge in [-0.3, -0.25) is 9.59 Å². The number of amides is 2. The number of hydrogen-bond acceptors (Lipinski definition) is 2. The molecule has 1 N–H and O–H groups in total. The lowest BCUT2D eigenvalue weighted by molar-refractivity contribution is -0.120. The summed E-state index contributed by atoms with van der Waals surface area (Å²) in [5.74, 6) is 0.224. The van der Waals surface area contributed by atoms with Crippen LogP contribution in [0.4, 0.5) is 5.69 Å². The molecule has 2 rings (SSSR count). The summed E-state index contributed by atoms with van der Waals surface area (Å²) in [7, 11) is 0. The SMILES string of the molecule is CCN(CC)C(=O)c1cccc(NC(=O)C2CCCCC2)c1. The van der Waals surface area contributed by atoms with Gasteiger partial charge >= 0.3 is 0 Å². The van der Waals surface area contributed by atoms with Crippen molar-refractivity contribution in [1.29, 1.82) is 0 Å². The molecule has 1 saturated carbocycles. The molecule has 2 amide bonds. The van der Waals surface area contributed by atoms with Gasteiger partial charge in [-0.1, -0.05) is 25.3 Å². The lowest BCUT2D eigenvalue weighted by atomic mass is 9.88. The van der Waals surface area contributed by atoms with Crippen molar-refractivity contribution in [2.75, 3.05) is 18.4 Å². The van der Waals surface area contributed by atoms with E-state index in [9.17, 15) is 9.59 Å². The lowest BCUT2D eigenvalue weighted by Crippen LogP contribution is -2.30. The third-order valence-electron chi connectivity index (χ3n) is 4.40. The summed E-state index contributed by atoms with van der Waals surface area (Å²) in [6, 6.07) is 7.26. The standard InChI is InChI=1S/C18H26N2O2/c1-3-20(4-2)18(22)15-11-8-12-16(13-15)19-17(21)14-9-6-5-7-10-14/h8,11-14H,3-7,9-10H2,1-2H3,(H,19,21). The first kappa shape index (κ1) is 16.5. The molecule has 1 fully saturated rings. The van der Waals surface area contributed by atoms with Gasteiger partial charge in [0.2, 0.25) is 5.91 Å². The van der Waals surface area contributed by atoms with E-state index in [1.807, 2.05) is 26.0 Å². The molecular formula is C18H26N2O2. The summed E-state index contributed by atoms with van der Waals surface area (Å²) in [5, 5.41) is 2.97. The van der Waals surface area contributed by atoms with Gasteiger partial charge in [0.15, 0.2) is 0 Å². The van der Waals surface area contributed by atoms with Crippen molar-refractivity contribution in [2.45, 2.75) is 46.0 Å². The van der Waals surface area contributed by atoms with E-state index in [4.69, 9.17) is 0 Å². The van der Waals surface area contributed by atoms with E-state index >= 15 is 0 Å². The van der Waals surface area contributed by atoms with Gasteiger partial charge in [-0.2, -0.15) is 0 Å². The van der Waals surface area contributed by atoms with Gasteiger partial charge in [0.25, 0.3) is 5.91 Å². The summed E-state index contributed by atoms with van der Waals surface area (Å²) in [4.78, 5) is 26.4. The van der Waals surface area contributed by atoms with Crippen LogP contribution in [-0.2, 0) is 4.79 Å². The van der Waals surface area contributed by atoms with E-state index in [2.05, 4.69) is 5.32 Å². The van der Waals surface area contributed by atoms with Crippen molar-refractivity contribution < 1.29 is 9.59 Å². The van der Waals surface area contributed by atoms with E-state index in [1.165, 1.54) is 6.42 Å². The zero-order valence-electron chi connectivity index (χ0n) is 13.6. The average molecular weight is 302 g/mol. The minimum absolute atomic E-state index is 0.0127. The lowest BCUT2D eigenvalue weighted by Gasteiger charge is -2.21. The third-order valence-corrected chi connectivity index (χ3v) is 4.40. The molecule has 0 spiro atoms. The Morgan fingerprint density at radius 3 is 2.45 bits per heavy atom. The monoisotopic (exact) mass is 302 g/mol. The van der Waals surface area contributed by atoms with Crippen molar-refractivity contribution >= 4 is 17.5 Å². The van der Waals surface area contributed by atoms with Crippen LogP contribution in [0.1, 0.15) is 56.3 Å². The number of rotatable bonds is 5. The predicted molar refractivity (Wildman–Crippen MR) is 88.9 cm³/mol. The van der Waals surface area contributed by atoms with Crippen LogP contribution in [0, 0.1) is 5.92 Å². The predicted octanol–water partition coefficient (Wildman–Crippen LogP) is 3.69. The minimum Gasteiger partial charge on any atom is -0.339 e. The van der Waals surface area contributed by atoms with Gasteiger partial charge in [0, 0.05) is 30.3 Å². The van der Waals surface area contributed by atoms with Crippen LogP contribution >= 0.6 is 0 Å². The second-order valence-corrected chi connectivity index (χ2v) is 5.88. The topological polar surface area (TPSA) is 49.4 Å². The highest BCUT2D eigenvalue weighted by molar-refractivity contribution is 5.97. The number of nitrogens with zero attached hydrogens (tertiary/aromatic N) is 1. The second-order valence-electron chi connectivity index (χ2n) is 5.88. The molecule has 1 aromatic carbocycles. The molecule has 0 aromatic heterocycles. The molecule has 0 bridgehead atoms. The molecule has 1 aliphatic carbocycles. The molecule has 4 heteroatoms. The van der Waals surface area contributed by atoms with Crippen LogP contribution in [0.15, 0.2) is 24.3 Å². The van der Waals surface area contributed by atoms with Crippen molar-refractivity contribution in [3.8, 4) is 0 Å². The fraction of sp³-hybridized carbons (Fsp3) is 0.556. The fourth-order valence-corrected chi connectivity index (χ4v) is 3.03. The Hall–Kier alpha value is -1.84. The summed E-state index contributed by atoms with van der Waals surface area (Å²) >= 11 is 0. The molecule has 0 atom stereocenters. The van der Waals surface area contributed by atoms with Crippen LogP contribution in [-0.4, -0.2) is 29.8 Å². The first-order valence-corrected chi connectivity index (χ1v) is 8.36. The Bertz CT molecular complexity index is 518. The van der Waals surface area contributed by atoms with Gasteiger partial charge in [-0.15, -0.1) is 0 Å². The summed E-state index contributed by atoms with van der Waals surface area (Å²) in [5.41, 5.74) is 1.35. The Morgan fingerprint density at radius 1 is 1.14 bits per heavy atom. The van der Waals surface area contributed by atoms with Crippen molar-refractivity contribution in [2.24, 2.45) is 5.92 Å². The Kier molecular flexibility index (Phi) is 5.99. The number of hydrogen-bond donors (Lipinski definition) is 1. The highest BCUT2D eigenvalue weighted by Crippen LogP contribution is 2.25. The number of carbonyl (C=O) groups excluding carboxylic acids is 2. The maximum absolute atomic E-state index is 12.4. The number of benzene rings is 1. The van der Waals surface area contributed by atoms with Crippen LogP contribution in [0.5, 0.6) is 0 Å². The molecular weight excluding hydrogens is 276 g/mol. The Labute approximate surface area is 132 Å². The molecule has 0 heterocycles. The molecule has 0 aliphatic heterocycles. The molecule has 0 saturated heterocycles. The maximum Gasteiger partial charge on any atom is 0.253 e. The minimum atomic E-state index is 0.0127. The van der Waals surface area contributed by atoms with Gasteiger partial charge in [0.05, 0.1) is 0 Å². The van der Waals surface area contributed by atoms with Crippen LogP contribution in [0.25, 0.3) is 0 Å². The maximum atomic E-state index is 12.4. The van der Waals surface area contributed by atoms with Gasteiger partial charge in [-0.25, -0.2) is 0 Å². The Morgan fingerprint density at radius 2 is 1.82 bits per heavy atom. The molecule has 0 radical (unpaired) electrons. The van der Waals surface area contributed by atoms with E-state index in [0.29, 0.717) is 24.3 Å². The largest absolute Gasteiger partial charge is 0.339 e. The van der Waals surface area contributed by atoms with Crippen molar-refractivity contribution in [3.63, 3.8) is 0 Å². The molecule has 1 aliphatic rings. The highest BCUT2D eigenvalue weighted by atomic mass is 16.2. The highest BCUT2D eigenvalue weighted by Gasteiger charge is 2.21. The van der Waals surface area contributed by atoms with E-state index < -0.39 is 0 Å². The van der Waals surface area contributed by atoms with Crippen molar-refractivity contribution in [3.05, 3.63) is 29.8 Å². The second kappa shape index (κ2) is 7.97. The quantitative estimate of drug-likeness (QED) is 0.902. The van der Waals surface area contributed by atoms with Crippen LogP contribution < -0.4 is 5.32 Å². The first-order chi connectivity index (χ1) is 10.7. The van der Waals surface area contributed by atoms with Gasteiger partial charge in [-0.05, 0) is 44.9 Å². The zero-order chi connectivity index (χ0) is 15.9. The zero-order valence-corrected chi connectivity index (χ0v) is 13.6. The van der Waals surface area contributed by atoms with Crippen molar-refractivity contribution in [1.82, 2.24) is 4.90 Å². The number of carbonyl (C=O) groups is 2. The van der Waals surface area contributed by atoms with Crippen LogP contribution in [0.2, 0.25) is 0 Å². The summed E-state index contributed by atoms with van der Waals surface area (Å²) in [6.07, 6.45) is 5.46. The van der Waals surface area contributed by atoms with E-state index in [-0.39, 0.29) is 17.7 Å². The molecule has 120 valence electrons. The fourth-order valence-electron chi connectivity index (χ4n) is 3.03. The van der Waals surface area contributed by atoms with E-state index in [0.717, 1.165) is 25.7 Å². The van der Waals surface area contributed by atoms with Gasteiger partial charge in [0.1, 0.15) is 0 Å². The smallest absolute Gasteiger partial charge is 0.253 e.